The fraction of sp³-hybridized carbons (Fsp3) is 0.533. The Morgan fingerprint density at radius 2 is 2.19 bits per heavy atom. The largest absolute Gasteiger partial charge is 0.396 e. The van der Waals surface area contributed by atoms with Crippen molar-refractivity contribution in [3.8, 4) is 11.4 Å². The quantitative estimate of drug-likeness (QED) is 0.881. The zero-order valence-electron chi connectivity index (χ0n) is 11.7. The zero-order valence-corrected chi connectivity index (χ0v) is 11.7. The van der Waals surface area contributed by atoms with Crippen LogP contribution in [0.3, 0.4) is 0 Å². The molecule has 2 saturated carbocycles. The molecule has 2 bridgehead atoms. The van der Waals surface area contributed by atoms with Gasteiger partial charge in [-0.15, -0.1) is 5.10 Å². The summed E-state index contributed by atoms with van der Waals surface area (Å²) in [7, 11) is 0. The lowest BCUT2D eigenvalue weighted by molar-refractivity contribution is 0.284. The minimum Gasteiger partial charge on any atom is -0.396 e. The third-order valence-electron chi connectivity index (χ3n) is 5.08. The summed E-state index contributed by atoms with van der Waals surface area (Å²) in [6.07, 6.45) is 5.38. The predicted octanol–water partition coefficient (Wildman–Crippen LogP) is 2.50. The van der Waals surface area contributed by atoms with E-state index in [9.17, 15) is 4.39 Å². The molecule has 4 rings (SSSR count). The van der Waals surface area contributed by atoms with Gasteiger partial charge >= 0.3 is 0 Å². The van der Waals surface area contributed by atoms with Crippen molar-refractivity contribution in [2.24, 2.45) is 17.8 Å². The van der Waals surface area contributed by atoms with Crippen LogP contribution in [-0.2, 0) is 6.54 Å². The standard InChI is InChI=1S/C15H18FN5/c16-13-4-3-11(7-14(13)17)15-18-19-20-21(15)8-12-6-9-1-2-10(12)5-9/h3-4,7,9-10,12H,1-2,5-6,8,17H2. The fourth-order valence-corrected chi connectivity index (χ4v) is 4.04. The summed E-state index contributed by atoms with van der Waals surface area (Å²) in [6, 6.07) is 4.63. The summed E-state index contributed by atoms with van der Waals surface area (Å²) in [6.45, 7) is 0.848. The molecule has 2 N–H and O–H groups in total. The van der Waals surface area contributed by atoms with E-state index in [0.717, 1.165) is 23.9 Å². The van der Waals surface area contributed by atoms with E-state index < -0.39 is 5.82 Å². The number of halogens is 1. The lowest BCUT2D eigenvalue weighted by Gasteiger charge is -2.21. The van der Waals surface area contributed by atoms with Gasteiger partial charge in [0.1, 0.15) is 5.82 Å². The van der Waals surface area contributed by atoms with Gasteiger partial charge in [-0.1, -0.05) is 6.42 Å². The van der Waals surface area contributed by atoms with Crippen molar-refractivity contribution < 1.29 is 4.39 Å². The van der Waals surface area contributed by atoms with Crippen LogP contribution in [-0.4, -0.2) is 20.2 Å². The molecule has 1 heterocycles. The summed E-state index contributed by atoms with van der Waals surface area (Å²) in [5.74, 6) is 2.66. The number of nitrogens with zero attached hydrogens (tertiary/aromatic N) is 4. The number of nitrogens with two attached hydrogens (primary N) is 1. The molecule has 0 aliphatic heterocycles. The third-order valence-corrected chi connectivity index (χ3v) is 5.08. The smallest absolute Gasteiger partial charge is 0.182 e. The minimum absolute atomic E-state index is 0.127. The van der Waals surface area contributed by atoms with E-state index in [2.05, 4.69) is 15.5 Å². The third kappa shape index (κ3) is 2.18. The van der Waals surface area contributed by atoms with Crippen LogP contribution in [0.25, 0.3) is 11.4 Å². The Labute approximate surface area is 122 Å². The molecule has 3 unspecified atom stereocenters. The van der Waals surface area contributed by atoms with Gasteiger partial charge in [0.2, 0.25) is 0 Å². The van der Waals surface area contributed by atoms with E-state index in [1.165, 1.54) is 31.7 Å². The molecule has 2 fully saturated rings. The molecule has 0 saturated heterocycles. The number of benzene rings is 1. The van der Waals surface area contributed by atoms with Crippen LogP contribution < -0.4 is 5.73 Å². The highest BCUT2D eigenvalue weighted by Gasteiger charge is 2.39. The zero-order chi connectivity index (χ0) is 14.4. The maximum Gasteiger partial charge on any atom is 0.182 e. The van der Waals surface area contributed by atoms with Crippen LogP contribution in [0.4, 0.5) is 10.1 Å². The maximum absolute atomic E-state index is 13.3. The van der Waals surface area contributed by atoms with Gasteiger partial charge in [0.15, 0.2) is 5.82 Å². The Morgan fingerprint density at radius 3 is 2.90 bits per heavy atom. The van der Waals surface area contributed by atoms with Gasteiger partial charge in [-0.3, -0.25) is 0 Å². The minimum atomic E-state index is -0.411. The molecule has 6 heteroatoms. The molecule has 1 aromatic carbocycles. The van der Waals surface area contributed by atoms with Crippen LogP contribution in [0.5, 0.6) is 0 Å². The van der Waals surface area contributed by atoms with Crippen molar-refractivity contribution in [2.75, 3.05) is 5.73 Å². The first-order valence-electron chi connectivity index (χ1n) is 7.52. The summed E-state index contributed by atoms with van der Waals surface area (Å²) < 4.78 is 15.1. The number of hydrogen-bond acceptors (Lipinski definition) is 4. The van der Waals surface area contributed by atoms with Gasteiger partial charge in [0.05, 0.1) is 5.69 Å². The SMILES string of the molecule is Nc1cc(-c2nnnn2CC2CC3CCC2C3)ccc1F. The maximum atomic E-state index is 13.3. The molecule has 110 valence electrons. The monoisotopic (exact) mass is 287 g/mol. The predicted molar refractivity (Wildman–Crippen MR) is 76.6 cm³/mol. The molecule has 2 aliphatic rings. The van der Waals surface area contributed by atoms with E-state index in [0.29, 0.717) is 11.7 Å². The van der Waals surface area contributed by atoms with Crippen molar-refractivity contribution in [1.82, 2.24) is 20.2 Å². The molecule has 0 radical (unpaired) electrons. The second-order valence-corrected chi connectivity index (χ2v) is 6.36. The van der Waals surface area contributed by atoms with Crippen molar-refractivity contribution in [1.29, 1.82) is 0 Å². The van der Waals surface area contributed by atoms with Crippen LogP contribution in [0, 0.1) is 23.6 Å². The van der Waals surface area contributed by atoms with Crippen molar-refractivity contribution in [2.45, 2.75) is 32.2 Å². The molecule has 1 aromatic heterocycles. The van der Waals surface area contributed by atoms with E-state index >= 15 is 0 Å². The molecule has 2 aliphatic carbocycles. The van der Waals surface area contributed by atoms with Crippen LogP contribution in [0.1, 0.15) is 25.7 Å². The van der Waals surface area contributed by atoms with E-state index in [-0.39, 0.29) is 5.69 Å². The second kappa shape index (κ2) is 4.79. The average molecular weight is 287 g/mol. The number of tetrazole rings is 1. The van der Waals surface area contributed by atoms with Gasteiger partial charge in [0, 0.05) is 12.1 Å². The van der Waals surface area contributed by atoms with Crippen molar-refractivity contribution in [3.63, 3.8) is 0 Å². The Balaban J connectivity index is 1.60. The number of nitrogen functional groups attached to an aromatic ring is 1. The number of anilines is 1. The average Bonchev–Trinajstić information content (AvgIpc) is 3.18. The van der Waals surface area contributed by atoms with E-state index in [1.807, 2.05) is 4.68 Å². The highest BCUT2D eigenvalue weighted by Crippen LogP contribution is 2.48. The molecule has 3 atom stereocenters. The summed E-state index contributed by atoms with van der Waals surface area (Å²) in [5, 5.41) is 12.0. The van der Waals surface area contributed by atoms with Gasteiger partial charge < -0.3 is 5.73 Å². The van der Waals surface area contributed by atoms with Crippen LogP contribution in [0.2, 0.25) is 0 Å². The lowest BCUT2D eigenvalue weighted by atomic mass is 9.89. The molecular formula is C15H18FN5. The molecule has 5 nitrogen and oxygen atoms in total. The first kappa shape index (κ1) is 12.7. The Hall–Kier alpha value is -1.98. The highest BCUT2D eigenvalue weighted by molar-refractivity contribution is 5.61. The number of aromatic nitrogens is 4. The summed E-state index contributed by atoms with van der Waals surface area (Å²) in [4.78, 5) is 0. The number of fused-ring (bicyclic) bond motifs is 2. The van der Waals surface area contributed by atoms with E-state index in [4.69, 9.17) is 5.73 Å². The molecular weight excluding hydrogens is 269 g/mol. The van der Waals surface area contributed by atoms with Gasteiger partial charge in [-0.05, 0) is 65.6 Å². The second-order valence-electron chi connectivity index (χ2n) is 6.36. The molecule has 2 aromatic rings. The van der Waals surface area contributed by atoms with Gasteiger partial charge in [0.25, 0.3) is 0 Å². The van der Waals surface area contributed by atoms with Crippen LogP contribution >= 0.6 is 0 Å². The first-order valence-corrected chi connectivity index (χ1v) is 7.52. The van der Waals surface area contributed by atoms with E-state index in [1.54, 1.807) is 12.1 Å². The fourth-order valence-electron chi connectivity index (χ4n) is 4.04. The highest BCUT2D eigenvalue weighted by atomic mass is 19.1. The van der Waals surface area contributed by atoms with Crippen molar-refractivity contribution in [3.05, 3.63) is 24.0 Å². The first-order chi connectivity index (χ1) is 10.2. The van der Waals surface area contributed by atoms with Crippen molar-refractivity contribution >= 4 is 5.69 Å². The van der Waals surface area contributed by atoms with Gasteiger partial charge in [-0.25, -0.2) is 9.07 Å². The topological polar surface area (TPSA) is 69.6 Å². The normalized spacial score (nSPS) is 27.4. The molecule has 0 spiro atoms. The Bertz CT molecular complexity index is 668. The number of rotatable bonds is 3. The molecule has 0 amide bonds. The van der Waals surface area contributed by atoms with Gasteiger partial charge in [-0.2, -0.15) is 0 Å². The summed E-state index contributed by atoms with van der Waals surface area (Å²) in [5.41, 5.74) is 6.53. The number of hydrogen-bond donors (Lipinski definition) is 1. The lowest BCUT2D eigenvalue weighted by Crippen LogP contribution is -2.18. The Morgan fingerprint density at radius 1 is 1.29 bits per heavy atom. The summed E-state index contributed by atoms with van der Waals surface area (Å²) >= 11 is 0. The van der Waals surface area contributed by atoms with Crippen LogP contribution in [0.15, 0.2) is 18.2 Å². The Kier molecular flexibility index (Phi) is 2.90. The molecule has 21 heavy (non-hydrogen) atoms.